The van der Waals surface area contributed by atoms with Gasteiger partial charge >= 0.3 is 37.7 Å². The molecule has 0 aliphatic carbocycles. The largest absolute Gasteiger partial charge is 2.00 e. The summed E-state index contributed by atoms with van der Waals surface area (Å²) in [4.78, 5) is 0. The maximum Gasteiger partial charge on any atom is 2.00 e. The van der Waals surface area contributed by atoms with Crippen LogP contribution in [-0.4, -0.2) is 55.3 Å². The zero-order chi connectivity index (χ0) is 10.3. The minimum atomic E-state index is -5.17. The molecule has 6 heteroatoms. The SMILES string of the molecule is C=Cc1ccccc1.O=S(=O)([O-])[O-].[Ca+2]. The van der Waals surface area contributed by atoms with Crippen molar-refractivity contribution in [3.05, 3.63) is 42.5 Å². The maximum absolute atomic E-state index is 8.52. The zero-order valence-corrected chi connectivity index (χ0v) is 10.4. The molecule has 4 nitrogen and oxygen atoms in total. The van der Waals surface area contributed by atoms with Gasteiger partial charge in [0, 0.05) is 10.4 Å². The van der Waals surface area contributed by atoms with E-state index in [-0.39, 0.29) is 37.7 Å². The third kappa shape index (κ3) is 14.6. The van der Waals surface area contributed by atoms with Crippen LogP contribution in [0.25, 0.3) is 6.08 Å². The number of rotatable bonds is 1. The topological polar surface area (TPSA) is 80.3 Å². The van der Waals surface area contributed by atoms with Crippen molar-refractivity contribution in [2.75, 3.05) is 0 Å². The summed E-state index contributed by atoms with van der Waals surface area (Å²) in [6.07, 6.45) is 1.83. The fourth-order valence-corrected chi connectivity index (χ4v) is 0.589. The second kappa shape index (κ2) is 8.40. The fraction of sp³-hybridized carbons (Fsp3) is 0. The Balaban J connectivity index is 0. The van der Waals surface area contributed by atoms with Crippen LogP contribution in [0.3, 0.4) is 0 Å². The van der Waals surface area contributed by atoms with E-state index < -0.39 is 10.4 Å². The molecule has 0 radical (unpaired) electrons. The number of benzene rings is 1. The minimum absolute atomic E-state index is 0. The third-order valence-corrected chi connectivity index (χ3v) is 1.04. The van der Waals surface area contributed by atoms with Gasteiger partial charge in [0.15, 0.2) is 0 Å². The van der Waals surface area contributed by atoms with Crippen LogP contribution in [-0.2, 0) is 10.4 Å². The van der Waals surface area contributed by atoms with E-state index in [0.717, 1.165) is 0 Å². The van der Waals surface area contributed by atoms with Gasteiger partial charge in [0.25, 0.3) is 0 Å². The second-order valence-electron chi connectivity index (χ2n) is 2.02. The summed E-state index contributed by atoms with van der Waals surface area (Å²) in [6.45, 7) is 3.63. The molecule has 0 bridgehead atoms. The summed E-state index contributed by atoms with van der Waals surface area (Å²) in [5.74, 6) is 0. The van der Waals surface area contributed by atoms with E-state index in [1.165, 1.54) is 5.56 Å². The van der Waals surface area contributed by atoms with E-state index in [1.807, 2.05) is 36.4 Å². The van der Waals surface area contributed by atoms with Crippen molar-refractivity contribution < 1.29 is 17.5 Å². The van der Waals surface area contributed by atoms with Gasteiger partial charge < -0.3 is 9.11 Å². The van der Waals surface area contributed by atoms with Gasteiger partial charge in [-0.1, -0.05) is 43.0 Å². The normalized spacial score (nSPS) is 9.00. The first kappa shape index (κ1) is 16.5. The van der Waals surface area contributed by atoms with Crippen LogP contribution in [0.2, 0.25) is 0 Å². The Labute approximate surface area is 113 Å². The van der Waals surface area contributed by atoms with Crippen molar-refractivity contribution in [1.82, 2.24) is 0 Å². The van der Waals surface area contributed by atoms with Gasteiger partial charge in [0.1, 0.15) is 0 Å². The molecule has 1 rings (SSSR count). The molecule has 0 atom stereocenters. The van der Waals surface area contributed by atoms with E-state index in [2.05, 4.69) is 6.58 Å². The standard InChI is InChI=1S/C8H8.Ca.H2O4S/c1-2-8-6-4-3-5-7-8;;1-5(2,3)4/h2-7H,1H2;;(H2,1,2,3,4)/q;+2;/p-2. The molecule has 0 aromatic heterocycles. The Kier molecular flexibility index (Phi) is 9.91. The van der Waals surface area contributed by atoms with Crippen molar-refractivity contribution in [2.24, 2.45) is 0 Å². The van der Waals surface area contributed by atoms with Crippen molar-refractivity contribution in [3.63, 3.8) is 0 Å². The molecular formula is C8H8CaO4S. The molecule has 0 fully saturated rings. The number of hydrogen-bond acceptors (Lipinski definition) is 4. The fourth-order valence-electron chi connectivity index (χ4n) is 0.589. The minimum Gasteiger partial charge on any atom is -0.759 e. The smallest absolute Gasteiger partial charge is 0.759 e. The van der Waals surface area contributed by atoms with E-state index in [1.54, 1.807) is 0 Å². The van der Waals surface area contributed by atoms with Gasteiger partial charge in [-0.25, -0.2) is 0 Å². The van der Waals surface area contributed by atoms with Crippen molar-refractivity contribution >= 4 is 54.2 Å². The molecule has 1 aromatic carbocycles. The average molecular weight is 240 g/mol. The Hall–Kier alpha value is 0.0897. The van der Waals surface area contributed by atoms with Crippen molar-refractivity contribution in [3.8, 4) is 0 Å². The predicted octanol–water partition coefficient (Wildman–Crippen LogP) is 0.611. The molecule has 72 valence electrons. The molecule has 0 spiro atoms. The van der Waals surface area contributed by atoms with Crippen molar-refractivity contribution in [2.45, 2.75) is 0 Å². The van der Waals surface area contributed by atoms with Gasteiger partial charge in [-0.05, 0) is 5.56 Å². The molecule has 14 heavy (non-hydrogen) atoms. The Morgan fingerprint density at radius 3 is 1.71 bits per heavy atom. The Morgan fingerprint density at radius 2 is 1.50 bits per heavy atom. The molecule has 0 unspecified atom stereocenters. The van der Waals surface area contributed by atoms with Gasteiger partial charge in [-0.2, -0.15) is 0 Å². The molecule has 0 heterocycles. The third-order valence-electron chi connectivity index (χ3n) is 1.04. The molecule has 0 saturated heterocycles. The van der Waals surface area contributed by atoms with Crippen molar-refractivity contribution in [1.29, 1.82) is 0 Å². The van der Waals surface area contributed by atoms with Gasteiger partial charge in [0.05, 0.1) is 0 Å². The summed E-state index contributed by atoms with van der Waals surface area (Å²) < 4.78 is 34.1. The Morgan fingerprint density at radius 1 is 1.14 bits per heavy atom. The first-order valence-electron chi connectivity index (χ1n) is 3.27. The second-order valence-corrected chi connectivity index (χ2v) is 2.84. The molecule has 0 amide bonds. The summed E-state index contributed by atoms with van der Waals surface area (Å²) in [5, 5.41) is 0. The van der Waals surface area contributed by atoms with Crippen LogP contribution in [0, 0.1) is 0 Å². The van der Waals surface area contributed by atoms with Crippen LogP contribution >= 0.6 is 0 Å². The van der Waals surface area contributed by atoms with E-state index in [4.69, 9.17) is 17.5 Å². The van der Waals surface area contributed by atoms with Crippen LogP contribution in [0.1, 0.15) is 5.56 Å². The van der Waals surface area contributed by atoms with Crippen LogP contribution < -0.4 is 0 Å². The molecule has 0 N–H and O–H groups in total. The summed E-state index contributed by atoms with van der Waals surface area (Å²) in [5.41, 5.74) is 1.17. The molecule has 0 saturated carbocycles. The molecule has 1 aromatic rings. The summed E-state index contributed by atoms with van der Waals surface area (Å²) in [7, 11) is -5.17. The van der Waals surface area contributed by atoms with E-state index in [9.17, 15) is 0 Å². The van der Waals surface area contributed by atoms with Crippen LogP contribution in [0.15, 0.2) is 36.9 Å². The molecular weight excluding hydrogens is 232 g/mol. The van der Waals surface area contributed by atoms with Gasteiger partial charge in [-0.3, -0.25) is 8.42 Å². The van der Waals surface area contributed by atoms with E-state index in [0.29, 0.717) is 0 Å². The summed E-state index contributed by atoms with van der Waals surface area (Å²) in [6, 6.07) is 10.0. The average Bonchev–Trinajstić information content (AvgIpc) is 2.03. The first-order valence-corrected chi connectivity index (χ1v) is 4.61. The Bertz CT molecular complexity index is 339. The van der Waals surface area contributed by atoms with E-state index >= 15 is 0 Å². The quantitative estimate of drug-likeness (QED) is 0.409. The predicted molar refractivity (Wildman–Crippen MR) is 52.8 cm³/mol. The molecule has 0 aliphatic heterocycles. The molecule has 0 aliphatic rings. The summed E-state index contributed by atoms with van der Waals surface area (Å²) >= 11 is 0. The monoisotopic (exact) mass is 240 g/mol. The zero-order valence-electron chi connectivity index (χ0n) is 7.42. The van der Waals surface area contributed by atoms with Gasteiger partial charge in [-0.15, -0.1) is 0 Å². The van der Waals surface area contributed by atoms with Crippen LogP contribution in [0.5, 0.6) is 0 Å². The number of hydrogen-bond donors (Lipinski definition) is 0. The maximum atomic E-state index is 8.52. The van der Waals surface area contributed by atoms with Gasteiger partial charge in [0.2, 0.25) is 0 Å². The van der Waals surface area contributed by atoms with Crippen LogP contribution in [0.4, 0.5) is 0 Å². The first-order chi connectivity index (χ1) is 5.93.